The Kier molecular flexibility index (Phi) is 3.90. The van der Waals surface area contributed by atoms with E-state index in [0.29, 0.717) is 28.2 Å². The zero-order valence-corrected chi connectivity index (χ0v) is 15.0. The van der Waals surface area contributed by atoms with Crippen LogP contribution < -0.4 is 9.47 Å². The normalized spacial score (nSPS) is 11.7. The number of ether oxygens (including phenoxy) is 2. The Bertz CT molecular complexity index is 1150. The van der Waals surface area contributed by atoms with Crippen LogP contribution in [0.3, 0.4) is 0 Å². The molecule has 0 aliphatic rings. The number of benzene rings is 1. The predicted octanol–water partition coefficient (Wildman–Crippen LogP) is 3.20. The first-order valence-corrected chi connectivity index (χ1v) is 8.11. The first kappa shape index (κ1) is 17.1. The van der Waals surface area contributed by atoms with Crippen LogP contribution in [-0.4, -0.2) is 43.5 Å². The van der Waals surface area contributed by atoms with Gasteiger partial charge in [-0.05, 0) is 20.8 Å². The van der Waals surface area contributed by atoms with Gasteiger partial charge >= 0.3 is 6.61 Å². The van der Waals surface area contributed by atoms with Crippen LogP contribution in [0.25, 0.3) is 28.1 Å². The minimum absolute atomic E-state index is 0.0402. The molecule has 0 atom stereocenters. The number of hydrogen-bond acceptors (Lipinski definition) is 6. The molecule has 0 saturated heterocycles. The number of halogens is 2. The second-order valence-corrected chi connectivity index (χ2v) is 6.06. The van der Waals surface area contributed by atoms with Crippen molar-refractivity contribution in [3.8, 4) is 22.9 Å². The van der Waals surface area contributed by atoms with Gasteiger partial charge in [-0.2, -0.15) is 13.9 Å². The molecule has 0 fully saturated rings. The van der Waals surface area contributed by atoms with Crippen molar-refractivity contribution >= 4 is 16.7 Å². The van der Waals surface area contributed by atoms with Gasteiger partial charge in [-0.1, -0.05) is 0 Å². The maximum atomic E-state index is 12.8. The molecular weight excluding hydrogens is 358 g/mol. The van der Waals surface area contributed by atoms with Crippen LogP contribution >= 0.6 is 0 Å². The molecule has 1 aromatic carbocycles. The van der Waals surface area contributed by atoms with Crippen molar-refractivity contribution in [1.82, 2.24) is 29.8 Å². The number of imidazole rings is 1. The third-order valence-electron chi connectivity index (χ3n) is 4.33. The molecule has 4 aromatic rings. The highest BCUT2D eigenvalue weighted by Gasteiger charge is 2.21. The Labute approximate surface area is 152 Å². The predicted molar refractivity (Wildman–Crippen MR) is 93.3 cm³/mol. The standard InChI is InChI=1S/C17H16F2N6O2/c1-7-13(8(2)22-21-7)16-20-9(3)15-24-23-14-11(25(15)16)5-10(27-17(18)19)6-12(14)26-4/h5-6,17H,1-4H3,(H,21,22). The summed E-state index contributed by atoms with van der Waals surface area (Å²) in [6.45, 7) is 2.59. The number of aromatic nitrogens is 6. The number of H-pyrrole nitrogens is 1. The van der Waals surface area contributed by atoms with E-state index in [0.717, 1.165) is 17.0 Å². The lowest BCUT2D eigenvalue weighted by Crippen LogP contribution is -2.04. The molecule has 4 rings (SSSR count). The molecule has 0 aliphatic carbocycles. The highest BCUT2D eigenvalue weighted by atomic mass is 19.3. The summed E-state index contributed by atoms with van der Waals surface area (Å²) in [5.41, 5.74) is 4.46. The molecule has 0 saturated carbocycles. The molecule has 0 spiro atoms. The third-order valence-corrected chi connectivity index (χ3v) is 4.33. The van der Waals surface area contributed by atoms with Crippen molar-refractivity contribution in [3.05, 3.63) is 29.2 Å². The van der Waals surface area contributed by atoms with Crippen LogP contribution in [0.15, 0.2) is 12.1 Å². The van der Waals surface area contributed by atoms with E-state index >= 15 is 0 Å². The van der Waals surface area contributed by atoms with Gasteiger partial charge in [0.05, 0.1) is 29.6 Å². The van der Waals surface area contributed by atoms with Gasteiger partial charge in [0, 0.05) is 17.8 Å². The Morgan fingerprint density at radius 2 is 1.89 bits per heavy atom. The smallest absolute Gasteiger partial charge is 0.387 e. The average Bonchev–Trinajstić information content (AvgIpc) is 3.12. The molecule has 10 heteroatoms. The third kappa shape index (κ3) is 2.64. The van der Waals surface area contributed by atoms with Crippen LogP contribution in [-0.2, 0) is 0 Å². The van der Waals surface area contributed by atoms with Gasteiger partial charge in [0.1, 0.15) is 11.6 Å². The molecule has 0 radical (unpaired) electrons. The van der Waals surface area contributed by atoms with Crippen molar-refractivity contribution in [2.45, 2.75) is 27.4 Å². The van der Waals surface area contributed by atoms with E-state index in [4.69, 9.17) is 4.74 Å². The Morgan fingerprint density at radius 1 is 1.11 bits per heavy atom. The summed E-state index contributed by atoms with van der Waals surface area (Å²) in [5, 5.41) is 15.6. The topological polar surface area (TPSA) is 90.2 Å². The molecule has 3 heterocycles. The highest BCUT2D eigenvalue weighted by Crippen LogP contribution is 2.34. The summed E-state index contributed by atoms with van der Waals surface area (Å²) in [7, 11) is 1.43. The Balaban J connectivity index is 2.13. The maximum absolute atomic E-state index is 12.8. The number of nitrogens with one attached hydrogen (secondary N) is 1. The van der Waals surface area contributed by atoms with Crippen molar-refractivity contribution < 1.29 is 18.3 Å². The van der Waals surface area contributed by atoms with Crippen LogP contribution in [0.4, 0.5) is 8.78 Å². The molecular formula is C17H16F2N6O2. The number of aromatic amines is 1. The van der Waals surface area contributed by atoms with E-state index in [1.54, 1.807) is 11.3 Å². The Hall–Kier alpha value is -3.30. The molecule has 0 amide bonds. The quantitative estimate of drug-likeness (QED) is 0.590. The molecule has 140 valence electrons. The van der Waals surface area contributed by atoms with Crippen LogP contribution in [0.1, 0.15) is 17.1 Å². The second kappa shape index (κ2) is 6.15. The molecule has 1 N–H and O–H groups in total. The minimum atomic E-state index is -2.96. The van der Waals surface area contributed by atoms with Gasteiger partial charge in [-0.15, -0.1) is 10.2 Å². The maximum Gasteiger partial charge on any atom is 0.387 e. The lowest BCUT2D eigenvalue weighted by atomic mass is 10.2. The van der Waals surface area contributed by atoms with Gasteiger partial charge in [-0.3, -0.25) is 9.50 Å². The summed E-state index contributed by atoms with van der Waals surface area (Å²) in [6, 6.07) is 2.83. The molecule has 8 nitrogen and oxygen atoms in total. The SMILES string of the molecule is COc1cc(OC(F)F)cc2c1nnc1c(C)nc(-c3c(C)n[nH]c3C)n12. The van der Waals surface area contributed by atoms with Crippen molar-refractivity contribution in [2.75, 3.05) is 7.11 Å². The summed E-state index contributed by atoms with van der Waals surface area (Å²) in [5.74, 6) is 0.819. The molecule has 3 aromatic heterocycles. The molecule has 0 aliphatic heterocycles. The van der Waals surface area contributed by atoms with Crippen LogP contribution in [0, 0.1) is 20.8 Å². The Morgan fingerprint density at radius 3 is 2.52 bits per heavy atom. The average molecular weight is 374 g/mol. The number of nitrogens with zero attached hydrogens (tertiary/aromatic N) is 5. The van der Waals surface area contributed by atoms with E-state index < -0.39 is 6.61 Å². The van der Waals surface area contributed by atoms with Gasteiger partial charge in [0.15, 0.2) is 16.9 Å². The summed E-state index contributed by atoms with van der Waals surface area (Å²) >= 11 is 0. The number of methoxy groups -OCH3 is 1. The zero-order chi connectivity index (χ0) is 19.3. The lowest BCUT2D eigenvalue weighted by Gasteiger charge is -2.11. The molecule has 0 unspecified atom stereocenters. The summed E-state index contributed by atoms with van der Waals surface area (Å²) in [4.78, 5) is 4.62. The summed E-state index contributed by atoms with van der Waals surface area (Å²) < 4.78 is 37.2. The number of fused-ring (bicyclic) bond motifs is 3. The zero-order valence-electron chi connectivity index (χ0n) is 15.0. The van der Waals surface area contributed by atoms with Gasteiger partial charge < -0.3 is 9.47 Å². The number of aryl methyl sites for hydroxylation is 3. The second-order valence-electron chi connectivity index (χ2n) is 6.06. The largest absolute Gasteiger partial charge is 0.494 e. The fourth-order valence-electron chi connectivity index (χ4n) is 3.18. The molecule has 27 heavy (non-hydrogen) atoms. The van der Waals surface area contributed by atoms with Gasteiger partial charge in [0.25, 0.3) is 0 Å². The van der Waals surface area contributed by atoms with E-state index in [9.17, 15) is 8.78 Å². The highest BCUT2D eigenvalue weighted by molar-refractivity contribution is 5.87. The first-order chi connectivity index (χ1) is 12.9. The van der Waals surface area contributed by atoms with E-state index in [1.165, 1.54) is 19.2 Å². The van der Waals surface area contributed by atoms with Crippen molar-refractivity contribution in [3.63, 3.8) is 0 Å². The van der Waals surface area contributed by atoms with E-state index in [1.807, 2.05) is 13.8 Å². The monoisotopic (exact) mass is 374 g/mol. The van der Waals surface area contributed by atoms with Crippen molar-refractivity contribution in [2.24, 2.45) is 0 Å². The molecule has 0 bridgehead atoms. The van der Waals surface area contributed by atoms with E-state index in [2.05, 4.69) is 30.1 Å². The van der Waals surface area contributed by atoms with Crippen LogP contribution in [0.2, 0.25) is 0 Å². The number of alkyl halides is 2. The van der Waals surface area contributed by atoms with Crippen molar-refractivity contribution in [1.29, 1.82) is 0 Å². The fourth-order valence-corrected chi connectivity index (χ4v) is 3.18. The minimum Gasteiger partial charge on any atom is -0.494 e. The van der Waals surface area contributed by atoms with E-state index in [-0.39, 0.29) is 11.5 Å². The van der Waals surface area contributed by atoms with Gasteiger partial charge in [-0.25, -0.2) is 4.98 Å². The fraction of sp³-hybridized carbons (Fsp3) is 0.294. The summed E-state index contributed by atoms with van der Waals surface area (Å²) in [6.07, 6.45) is 0. The number of rotatable bonds is 4. The lowest BCUT2D eigenvalue weighted by molar-refractivity contribution is -0.0498. The first-order valence-electron chi connectivity index (χ1n) is 8.11. The van der Waals surface area contributed by atoms with Gasteiger partial charge in [0.2, 0.25) is 0 Å². The van der Waals surface area contributed by atoms with Crippen LogP contribution in [0.5, 0.6) is 11.5 Å². The number of hydrogen-bond donors (Lipinski definition) is 1.